The molecule has 1 fully saturated rings. The summed E-state index contributed by atoms with van der Waals surface area (Å²) in [6, 6.07) is 7.81. The normalized spacial score (nSPS) is 15.3. The maximum Gasteiger partial charge on any atom is 0.222 e. The average Bonchev–Trinajstić information content (AvgIpc) is 3.00. The van der Waals surface area contributed by atoms with Crippen molar-refractivity contribution in [2.45, 2.75) is 31.6 Å². The Balaban J connectivity index is 2.10. The van der Waals surface area contributed by atoms with Crippen LogP contribution < -0.4 is 16.2 Å². The van der Waals surface area contributed by atoms with Gasteiger partial charge in [0.1, 0.15) is 11.6 Å². The highest BCUT2D eigenvalue weighted by Crippen LogP contribution is 2.41. The molecule has 1 saturated carbocycles. The number of nitrogens with zero attached hydrogens (tertiary/aromatic N) is 2. The van der Waals surface area contributed by atoms with Crippen molar-refractivity contribution in [1.82, 2.24) is 9.97 Å². The second-order valence-corrected chi connectivity index (χ2v) is 5.44. The lowest BCUT2D eigenvalue weighted by Crippen LogP contribution is -2.09. The van der Waals surface area contributed by atoms with Gasteiger partial charge in [0, 0.05) is 11.1 Å². The molecule has 1 aliphatic carbocycles. The van der Waals surface area contributed by atoms with E-state index in [1.165, 1.54) is 12.8 Å². The summed E-state index contributed by atoms with van der Waals surface area (Å²) in [5.41, 5.74) is 14.8. The Morgan fingerprint density at radius 2 is 1.71 bits per heavy atom. The van der Waals surface area contributed by atoms with E-state index in [1.54, 1.807) is 7.11 Å². The maximum atomic E-state index is 6.14. The van der Waals surface area contributed by atoms with Gasteiger partial charge in [0.2, 0.25) is 5.95 Å². The van der Waals surface area contributed by atoms with Gasteiger partial charge in [0.05, 0.1) is 12.8 Å². The smallest absolute Gasteiger partial charge is 0.222 e. The average molecular weight is 284 g/mol. The van der Waals surface area contributed by atoms with Gasteiger partial charge in [-0.3, -0.25) is 0 Å². The molecule has 4 N–H and O–H groups in total. The van der Waals surface area contributed by atoms with E-state index in [9.17, 15) is 0 Å². The number of aromatic nitrogens is 2. The lowest BCUT2D eigenvalue weighted by atomic mass is 9.93. The molecule has 3 rings (SSSR count). The van der Waals surface area contributed by atoms with Crippen molar-refractivity contribution >= 4 is 11.8 Å². The summed E-state index contributed by atoms with van der Waals surface area (Å²) >= 11 is 0. The number of hydrogen-bond donors (Lipinski definition) is 2. The fraction of sp³-hybridized carbons (Fsp3) is 0.375. The van der Waals surface area contributed by atoms with E-state index in [-0.39, 0.29) is 5.95 Å². The molecule has 5 nitrogen and oxygen atoms in total. The highest BCUT2D eigenvalue weighted by atomic mass is 16.5. The molecule has 1 aromatic carbocycles. The largest absolute Gasteiger partial charge is 0.497 e. The van der Waals surface area contributed by atoms with Crippen LogP contribution in [0.2, 0.25) is 0 Å². The summed E-state index contributed by atoms with van der Waals surface area (Å²) in [7, 11) is 1.65. The molecule has 1 aromatic heterocycles. The first-order valence-electron chi connectivity index (χ1n) is 7.26. The standard InChI is InChI=1S/C16H20N4O/c1-21-12-8-6-11(7-9-12)14-13(10-4-2-3-5-10)15(17)20-16(18)19-14/h6-10H,2-5H2,1H3,(H4,17,18,19,20). The predicted octanol–water partition coefficient (Wildman–Crippen LogP) is 2.97. The van der Waals surface area contributed by atoms with Crippen LogP contribution in [0.1, 0.15) is 37.2 Å². The van der Waals surface area contributed by atoms with Gasteiger partial charge >= 0.3 is 0 Å². The summed E-state index contributed by atoms with van der Waals surface area (Å²) in [5.74, 6) is 1.99. The zero-order valence-electron chi connectivity index (χ0n) is 12.2. The van der Waals surface area contributed by atoms with Crippen LogP contribution in [-0.2, 0) is 0 Å². The molecule has 5 heteroatoms. The van der Waals surface area contributed by atoms with Crippen LogP contribution in [0, 0.1) is 0 Å². The van der Waals surface area contributed by atoms with Gasteiger partial charge in [0.15, 0.2) is 0 Å². The second-order valence-electron chi connectivity index (χ2n) is 5.44. The van der Waals surface area contributed by atoms with Crippen LogP contribution in [0.4, 0.5) is 11.8 Å². The van der Waals surface area contributed by atoms with Crippen molar-refractivity contribution in [2.75, 3.05) is 18.6 Å². The molecule has 0 radical (unpaired) electrons. The molecule has 21 heavy (non-hydrogen) atoms. The van der Waals surface area contributed by atoms with Crippen LogP contribution in [-0.4, -0.2) is 17.1 Å². The molecule has 110 valence electrons. The zero-order chi connectivity index (χ0) is 14.8. The number of methoxy groups -OCH3 is 1. The first kappa shape index (κ1) is 13.7. The molecule has 0 bridgehead atoms. The lowest BCUT2D eigenvalue weighted by molar-refractivity contribution is 0.415. The summed E-state index contributed by atoms with van der Waals surface area (Å²) in [5, 5.41) is 0. The van der Waals surface area contributed by atoms with Gasteiger partial charge in [-0.05, 0) is 43.0 Å². The number of rotatable bonds is 3. The molecule has 0 atom stereocenters. The van der Waals surface area contributed by atoms with Gasteiger partial charge in [0.25, 0.3) is 0 Å². The quantitative estimate of drug-likeness (QED) is 0.904. The Bertz CT molecular complexity index is 633. The first-order valence-corrected chi connectivity index (χ1v) is 7.26. The Hall–Kier alpha value is -2.30. The molecule has 1 heterocycles. The molecule has 0 spiro atoms. The summed E-state index contributed by atoms with van der Waals surface area (Å²) in [4.78, 5) is 8.61. The number of benzene rings is 1. The highest BCUT2D eigenvalue weighted by Gasteiger charge is 2.25. The number of anilines is 2. The van der Waals surface area contributed by atoms with Gasteiger partial charge in [-0.15, -0.1) is 0 Å². The molecule has 1 aliphatic rings. The van der Waals surface area contributed by atoms with Crippen LogP contribution in [0.25, 0.3) is 11.3 Å². The fourth-order valence-electron chi connectivity index (χ4n) is 3.09. The second kappa shape index (κ2) is 5.60. The Kier molecular flexibility index (Phi) is 3.64. The molecule has 0 aliphatic heterocycles. The van der Waals surface area contributed by atoms with Gasteiger partial charge < -0.3 is 16.2 Å². The number of nitrogens with two attached hydrogens (primary N) is 2. The van der Waals surface area contributed by atoms with Crippen LogP contribution >= 0.6 is 0 Å². The van der Waals surface area contributed by atoms with E-state index in [1.807, 2.05) is 24.3 Å². The minimum absolute atomic E-state index is 0.222. The van der Waals surface area contributed by atoms with E-state index in [0.717, 1.165) is 35.4 Å². The predicted molar refractivity (Wildman–Crippen MR) is 84.1 cm³/mol. The Labute approximate surface area is 124 Å². The maximum absolute atomic E-state index is 6.14. The SMILES string of the molecule is COc1ccc(-c2nc(N)nc(N)c2C2CCCC2)cc1. The van der Waals surface area contributed by atoms with E-state index < -0.39 is 0 Å². The van der Waals surface area contributed by atoms with Crippen molar-refractivity contribution in [2.24, 2.45) is 0 Å². The summed E-state index contributed by atoms with van der Waals surface area (Å²) in [6.07, 6.45) is 4.74. The van der Waals surface area contributed by atoms with Crippen molar-refractivity contribution < 1.29 is 4.74 Å². The first-order chi connectivity index (χ1) is 10.2. The Morgan fingerprint density at radius 3 is 2.33 bits per heavy atom. The van der Waals surface area contributed by atoms with Crippen molar-refractivity contribution in [3.63, 3.8) is 0 Å². The van der Waals surface area contributed by atoms with Crippen molar-refractivity contribution in [3.05, 3.63) is 29.8 Å². The van der Waals surface area contributed by atoms with Gasteiger partial charge in [-0.1, -0.05) is 12.8 Å². The molecule has 0 amide bonds. The van der Waals surface area contributed by atoms with Crippen molar-refractivity contribution in [3.8, 4) is 17.0 Å². The highest BCUT2D eigenvalue weighted by molar-refractivity contribution is 5.70. The lowest BCUT2D eigenvalue weighted by Gasteiger charge is -2.17. The van der Waals surface area contributed by atoms with E-state index in [2.05, 4.69) is 9.97 Å². The third kappa shape index (κ3) is 2.63. The Morgan fingerprint density at radius 1 is 1.05 bits per heavy atom. The summed E-state index contributed by atoms with van der Waals surface area (Å²) in [6.45, 7) is 0. The number of ether oxygens (including phenoxy) is 1. The molecular weight excluding hydrogens is 264 g/mol. The van der Waals surface area contributed by atoms with E-state index >= 15 is 0 Å². The van der Waals surface area contributed by atoms with Crippen LogP contribution in [0.3, 0.4) is 0 Å². The number of hydrogen-bond acceptors (Lipinski definition) is 5. The third-order valence-electron chi connectivity index (χ3n) is 4.12. The third-order valence-corrected chi connectivity index (χ3v) is 4.12. The molecule has 2 aromatic rings. The topological polar surface area (TPSA) is 87.0 Å². The summed E-state index contributed by atoms with van der Waals surface area (Å²) < 4.78 is 5.20. The van der Waals surface area contributed by atoms with Crippen molar-refractivity contribution in [1.29, 1.82) is 0 Å². The molecule has 0 unspecified atom stereocenters. The zero-order valence-corrected chi connectivity index (χ0v) is 12.2. The van der Waals surface area contributed by atoms with Crippen LogP contribution in [0.5, 0.6) is 5.75 Å². The monoisotopic (exact) mass is 284 g/mol. The van der Waals surface area contributed by atoms with Gasteiger partial charge in [-0.25, -0.2) is 4.98 Å². The van der Waals surface area contributed by atoms with E-state index in [4.69, 9.17) is 16.2 Å². The minimum atomic E-state index is 0.222. The van der Waals surface area contributed by atoms with Crippen LogP contribution in [0.15, 0.2) is 24.3 Å². The molecular formula is C16H20N4O. The van der Waals surface area contributed by atoms with E-state index in [0.29, 0.717) is 11.7 Å². The fourth-order valence-corrected chi connectivity index (χ4v) is 3.09. The molecule has 0 saturated heterocycles. The van der Waals surface area contributed by atoms with Gasteiger partial charge in [-0.2, -0.15) is 4.98 Å². The minimum Gasteiger partial charge on any atom is -0.497 e. The number of nitrogen functional groups attached to an aromatic ring is 2.